The minimum absolute atomic E-state index is 0.0744. The average molecular weight is 437 g/mol. The first kappa shape index (κ1) is 21.6. The molecule has 28 heavy (non-hydrogen) atoms. The Balaban J connectivity index is 1.49. The van der Waals surface area contributed by atoms with Crippen LogP contribution in [0, 0.1) is 40.4 Å². The molecule has 0 aromatic carbocycles. The Labute approximate surface area is 184 Å². The average Bonchev–Trinajstić information content (AvgIpc) is 2.99. The van der Waals surface area contributed by atoms with Gasteiger partial charge in [-0.25, -0.2) is 0 Å². The van der Waals surface area contributed by atoms with Gasteiger partial charge in [0.25, 0.3) is 0 Å². The van der Waals surface area contributed by atoms with Gasteiger partial charge in [-0.1, -0.05) is 0 Å². The van der Waals surface area contributed by atoms with Gasteiger partial charge in [0.05, 0.1) is 6.10 Å². The van der Waals surface area contributed by atoms with E-state index in [0.29, 0.717) is 10.8 Å². The summed E-state index contributed by atoms with van der Waals surface area (Å²) in [7, 11) is 0. The van der Waals surface area contributed by atoms with Crippen LogP contribution >= 0.6 is 0 Å². The molecular formula is C26H43OZn. The van der Waals surface area contributed by atoms with Crippen molar-refractivity contribution in [1.29, 1.82) is 0 Å². The molecule has 1 nitrogen and oxygen atoms in total. The molecule has 9 atom stereocenters. The molecule has 3 saturated carbocycles. The van der Waals surface area contributed by atoms with E-state index >= 15 is 0 Å². The van der Waals surface area contributed by atoms with Gasteiger partial charge in [0.15, 0.2) is 0 Å². The third-order valence-corrected chi connectivity index (χ3v) is 11.1. The Morgan fingerprint density at radius 1 is 1.07 bits per heavy atom. The summed E-state index contributed by atoms with van der Waals surface area (Å²) in [4.78, 5) is 0. The summed E-state index contributed by atoms with van der Waals surface area (Å²) >= 11 is 1.46. The van der Waals surface area contributed by atoms with E-state index in [4.69, 9.17) is 0 Å². The van der Waals surface area contributed by atoms with Gasteiger partial charge in [0.2, 0.25) is 0 Å². The van der Waals surface area contributed by atoms with Crippen molar-refractivity contribution in [2.24, 2.45) is 40.4 Å². The molecule has 0 heterocycles. The molecule has 0 aliphatic heterocycles. The normalized spacial score (nSPS) is 47.5. The molecule has 1 unspecified atom stereocenters. The van der Waals surface area contributed by atoms with E-state index in [2.05, 4.69) is 33.8 Å². The fraction of sp³-hybridized carbons (Fsp3) is 0.923. The Kier molecular flexibility index (Phi) is 6.24. The van der Waals surface area contributed by atoms with Gasteiger partial charge in [0, 0.05) is 0 Å². The van der Waals surface area contributed by atoms with E-state index in [1.165, 1.54) is 76.1 Å². The molecule has 0 bridgehead atoms. The van der Waals surface area contributed by atoms with E-state index in [1.807, 2.05) is 0 Å². The second kappa shape index (κ2) is 8.11. The molecule has 0 spiro atoms. The third kappa shape index (κ3) is 3.62. The van der Waals surface area contributed by atoms with Crippen LogP contribution in [0.3, 0.4) is 0 Å². The van der Waals surface area contributed by atoms with Gasteiger partial charge in [-0.05, 0) is 12.8 Å². The summed E-state index contributed by atoms with van der Waals surface area (Å²) in [6, 6.07) is 0. The minimum atomic E-state index is -0.0744. The van der Waals surface area contributed by atoms with Crippen molar-refractivity contribution in [2.45, 2.75) is 109 Å². The Morgan fingerprint density at radius 3 is 2.61 bits per heavy atom. The molecule has 0 saturated heterocycles. The molecule has 0 amide bonds. The molecular weight excluding hydrogens is 394 g/mol. The van der Waals surface area contributed by atoms with Crippen LogP contribution in [0.1, 0.15) is 98.3 Å². The van der Waals surface area contributed by atoms with Crippen molar-refractivity contribution in [3.8, 4) is 0 Å². The van der Waals surface area contributed by atoms with Gasteiger partial charge in [-0.3, -0.25) is 0 Å². The van der Waals surface area contributed by atoms with Crippen LogP contribution in [0.2, 0.25) is 4.51 Å². The summed E-state index contributed by atoms with van der Waals surface area (Å²) in [6.45, 7) is 10.3. The maximum absolute atomic E-state index is 10.2. The molecule has 0 aromatic rings. The zero-order valence-electron chi connectivity index (χ0n) is 19.1. The van der Waals surface area contributed by atoms with Crippen LogP contribution in [0.5, 0.6) is 0 Å². The molecule has 155 valence electrons. The van der Waals surface area contributed by atoms with Crippen LogP contribution in [-0.2, 0) is 18.3 Å². The summed E-state index contributed by atoms with van der Waals surface area (Å²) < 4.78 is 0.979. The number of aliphatic hydroxyl groups excluding tert-OH is 1. The van der Waals surface area contributed by atoms with E-state index in [0.717, 1.165) is 46.9 Å². The number of aliphatic hydroxyl groups is 1. The first-order valence-electron chi connectivity index (χ1n) is 12.5. The number of allylic oxidation sites excluding steroid dienone is 1. The summed E-state index contributed by atoms with van der Waals surface area (Å²) in [5, 5.41) is 10.2. The van der Waals surface area contributed by atoms with Gasteiger partial charge in [-0.2, -0.15) is 0 Å². The quantitative estimate of drug-likeness (QED) is 0.360. The second-order valence-electron chi connectivity index (χ2n) is 11.9. The monoisotopic (exact) mass is 435 g/mol. The molecule has 0 radical (unpaired) electrons. The first-order chi connectivity index (χ1) is 13.3. The van der Waals surface area contributed by atoms with Crippen molar-refractivity contribution in [1.82, 2.24) is 0 Å². The topological polar surface area (TPSA) is 20.2 Å². The van der Waals surface area contributed by atoms with Crippen LogP contribution in [-0.4, -0.2) is 11.2 Å². The molecule has 2 heteroatoms. The fourth-order valence-corrected chi connectivity index (χ4v) is 9.21. The van der Waals surface area contributed by atoms with Crippen molar-refractivity contribution in [2.75, 3.05) is 0 Å². The van der Waals surface area contributed by atoms with Gasteiger partial charge < -0.3 is 5.11 Å². The fourth-order valence-electron chi connectivity index (χ4n) is 8.61. The van der Waals surface area contributed by atoms with Crippen molar-refractivity contribution in [3.05, 3.63) is 11.6 Å². The van der Waals surface area contributed by atoms with Crippen molar-refractivity contribution >= 4 is 0 Å². The number of hydrogen-bond acceptors (Lipinski definition) is 1. The van der Waals surface area contributed by atoms with Crippen LogP contribution in [0.15, 0.2) is 11.6 Å². The van der Waals surface area contributed by atoms with E-state index in [9.17, 15) is 5.11 Å². The maximum atomic E-state index is 10.2. The van der Waals surface area contributed by atoms with Crippen molar-refractivity contribution < 1.29 is 23.4 Å². The van der Waals surface area contributed by atoms with E-state index < -0.39 is 0 Å². The standard InChI is InChI=1S/C26H43O.Zn/c1-5-6-7-8-18(2)22-11-12-23-21-10-9-19-17-20(27)13-15-25(19,3)24(21)14-16-26(22,23)4;/h5,9,18,20-24,27H,6-8,10-17H2,1-4H3;/t18-,20+,21+,22-,23+,24+,25+,26-;/m1./s1. The summed E-state index contributed by atoms with van der Waals surface area (Å²) in [5.41, 5.74) is 2.62. The van der Waals surface area contributed by atoms with E-state index in [-0.39, 0.29) is 6.10 Å². The number of fused-ring (bicyclic) bond motifs is 5. The van der Waals surface area contributed by atoms with Crippen LogP contribution in [0.4, 0.5) is 0 Å². The predicted molar refractivity (Wildman–Crippen MR) is 114 cm³/mol. The zero-order chi connectivity index (χ0) is 20.1. The Morgan fingerprint density at radius 2 is 1.86 bits per heavy atom. The van der Waals surface area contributed by atoms with Crippen LogP contribution < -0.4 is 0 Å². The predicted octanol–water partition coefficient (Wildman–Crippen LogP) is 7.09. The third-order valence-electron chi connectivity index (χ3n) is 10.2. The first-order valence-corrected chi connectivity index (χ1v) is 14.2. The summed E-state index contributed by atoms with van der Waals surface area (Å²) in [5.74, 6) is 4.64. The molecule has 4 rings (SSSR count). The summed E-state index contributed by atoms with van der Waals surface area (Å²) in [6.07, 6.45) is 17.3. The van der Waals surface area contributed by atoms with Crippen molar-refractivity contribution in [3.63, 3.8) is 0 Å². The van der Waals surface area contributed by atoms with Gasteiger partial charge in [0.1, 0.15) is 0 Å². The van der Waals surface area contributed by atoms with Crippen LogP contribution in [0.25, 0.3) is 0 Å². The number of rotatable bonds is 5. The Hall–Kier alpha value is 0.323. The zero-order valence-corrected chi connectivity index (χ0v) is 22.0. The molecule has 0 aromatic heterocycles. The van der Waals surface area contributed by atoms with Gasteiger partial charge in [-0.15, -0.1) is 0 Å². The Bertz CT molecular complexity index is 597. The molecule has 4 aliphatic carbocycles. The molecule has 4 aliphatic rings. The molecule has 3 fully saturated rings. The molecule has 1 N–H and O–H groups in total. The SMILES string of the molecule is C[CH]([Zn])CCC[C@@H](C)[C@H]1CC[C@H]2[C@@H]3CC=C4C[C@@H](O)CC[C@]4(C)[C@H]3CC[C@]12C. The number of hydrogen-bond donors (Lipinski definition) is 1. The second-order valence-corrected chi connectivity index (χ2v) is 14.8. The van der Waals surface area contributed by atoms with E-state index in [1.54, 1.807) is 5.57 Å². The van der Waals surface area contributed by atoms with Gasteiger partial charge >= 0.3 is 160 Å².